The summed E-state index contributed by atoms with van der Waals surface area (Å²) in [4.78, 5) is 20.1. The molecule has 1 aliphatic rings. The number of nitrogens with zero attached hydrogens (tertiary/aromatic N) is 2. The van der Waals surface area contributed by atoms with E-state index in [4.69, 9.17) is 4.74 Å². The van der Waals surface area contributed by atoms with Crippen molar-refractivity contribution in [3.8, 4) is 0 Å². The summed E-state index contributed by atoms with van der Waals surface area (Å²) in [5.41, 5.74) is 1.34. The third-order valence-corrected chi connectivity index (χ3v) is 3.75. The highest BCUT2D eigenvalue weighted by molar-refractivity contribution is 5.94. The Bertz CT molecular complexity index is 482. The van der Waals surface area contributed by atoms with E-state index >= 15 is 0 Å². The lowest BCUT2D eigenvalue weighted by Gasteiger charge is -2.31. The molecule has 1 aromatic rings. The number of hydrogen-bond acceptors (Lipinski definition) is 4. The Hall–Kier alpha value is -1.49. The molecule has 1 aliphatic heterocycles. The van der Waals surface area contributed by atoms with Gasteiger partial charge in [0.05, 0.1) is 17.4 Å². The summed E-state index contributed by atoms with van der Waals surface area (Å²) in [5, 5.41) is 2.98. The van der Waals surface area contributed by atoms with Gasteiger partial charge in [-0.05, 0) is 18.8 Å². The number of amides is 1. The lowest BCUT2D eigenvalue weighted by atomic mass is 9.81. The van der Waals surface area contributed by atoms with Crippen LogP contribution in [0.15, 0.2) is 12.5 Å². The first-order valence-corrected chi connectivity index (χ1v) is 7.06. The van der Waals surface area contributed by atoms with Gasteiger partial charge >= 0.3 is 0 Å². The predicted octanol–water partition coefficient (Wildman–Crippen LogP) is 1.97. The number of aryl methyl sites for hydroxylation is 1. The zero-order valence-electron chi connectivity index (χ0n) is 12.6. The summed E-state index contributed by atoms with van der Waals surface area (Å²) in [6.45, 7) is 9.74. The van der Waals surface area contributed by atoms with Crippen LogP contribution in [0.1, 0.15) is 43.2 Å². The minimum absolute atomic E-state index is 0.0949. The number of nitrogens with one attached hydrogen (secondary N) is 1. The summed E-state index contributed by atoms with van der Waals surface area (Å²) in [6.07, 6.45) is 4.19. The maximum Gasteiger partial charge on any atom is 0.254 e. The second-order valence-electron chi connectivity index (χ2n) is 6.44. The topological polar surface area (TPSA) is 64.1 Å². The van der Waals surface area contributed by atoms with Crippen molar-refractivity contribution < 1.29 is 9.53 Å². The van der Waals surface area contributed by atoms with Crippen molar-refractivity contribution in [1.82, 2.24) is 15.3 Å². The first-order chi connectivity index (χ1) is 9.39. The third-order valence-electron chi connectivity index (χ3n) is 3.75. The summed E-state index contributed by atoms with van der Waals surface area (Å²) in [5.74, 6) is 0.256. The summed E-state index contributed by atoms with van der Waals surface area (Å²) >= 11 is 0. The molecular weight excluding hydrogens is 254 g/mol. The van der Waals surface area contributed by atoms with Crippen LogP contribution in [0.2, 0.25) is 0 Å². The van der Waals surface area contributed by atoms with E-state index in [2.05, 4.69) is 36.1 Å². The molecule has 1 fully saturated rings. The van der Waals surface area contributed by atoms with Crippen LogP contribution in [0.4, 0.5) is 0 Å². The molecule has 0 unspecified atom stereocenters. The Morgan fingerprint density at radius 3 is 2.90 bits per heavy atom. The van der Waals surface area contributed by atoms with Crippen molar-refractivity contribution >= 4 is 5.91 Å². The molecule has 0 spiro atoms. The van der Waals surface area contributed by atoms with Gasteiger partial charge in [0.25, 0.3) is 5.91 Å². The molecule has 2 heterocycles. The van der Waals surface area contributed by atoms with Gasteiger partial charge in [0, 0.05) is 25.3 Å². The average Bonchev–Trinajstić information content (AvgIpc) is 2.84. The van der Waals surface area contributed by atoms with Crippen LogP contribution < -0.4 is 5.32 Å². The first-order valence-electron chi connectivity index (χ1n) is 7.06. The quantitative estimate of drug-likeness (QED) is 0.917. The monoisotopic (exact) mass is 277 g/mol. The van der Waals surface area contributed by atoms with E-state index in [1.54, 1.807) is 6.20 Å². The van der Waals surface area contributed by atoms with Gasteiger partial charge in [0.2, 0.25) is 0 Å². The fourth-order valence-corrected chi connectivity index (χ4v) is 2.73. The number of rotatable bonds is 3. The molecule has 1 amide bonds. The van der Waals surface area contributed by atoms with Crippen molar-refractivity contribution in [2.75, 3.05) is 13.2 Å². The highest BCUT2D eigenvalue weighted by Crippen LogP contribution is 2.34. The summed E-state index contributed by atoms with van der Waals surface area (Å²) in [6, 6.07) is 0. The van der Waals surface area contributed by atoms with Crippen LogP contribution in [0.5, 0.6) is 0 Å². The Labute approximate surface area is 120 Å². The van der Waals surface area contributed by atoms with E-state index in [9.17, 15) is 4.79 Å². The minimum atomic E-state index is -0.109. The van der Waals surface area contributed by atoms with Crippen molar-refractivity contribution in [2.24, 2.45) is 11.3 Å². The molecule has 0 radical (unpaired) electrons. The van der Waals surface area contributed by atoms with Crippen LogP contribution in [0, 0.1) is 18.3 Å². The van der Waals surface area contributed by atoms with Gasteiger partial charge in [-0.15, -0.1) is 0 Å². The first kappa shape index (κ1) is 14.9. The lowest BCUT2D eigenvalue weighted by molar-refractivity contribution is 0.00737. The molecule has 0 aromatic carbocycles. The van der Waals surface area contributed by atoms with Gasteiger partial charge in [0.1, 0.15) is 6.33 Å². The zero-order chi connectivity index (χ0) is 14.8. The molecule has 5 nitrogen and oxygen atoms in total. The van der Waals surface area contributed by atoms with Crippen molar-refractivity contribution in [3.63, 3.8) is 0 Å². The largest absolute Gasteiger partial charge is 0.377 e. The Balaban J connectivity index is 1.95. The highest BCUT2D eigenvalue weighted by Gasteiger charge is 2.37. The van der Waals surface area contributed by atoms with Gasteiger partial charge < -0.3 is 10.1 Å². The zero-order valence-corrected chi connectivity index (χ0v) is 12.6. The molecule has 1 saturated heterocycles. The molecule has 0 saturated carbocycles. The maximum atomic E-state index is 12.1. The molecule has 1 N–H and O–H groups in total. The number of ether oxygens (including phenoxy) is 1. The van der Waals surface area contributed by atoms with E-state index in [-0.39, 0.29) is 17.4 Å². The Kier molecular flexibility index (Phi) is 4.38. The maximum absolute atomic E-state index is 12.1. The fraction of sp³-hybridized carbons (Fsp3) is 0.667. The van der Waals surface area contributed by atoms with Crippen molar-refractivity contribution in [3.05, 3.63) is 23.8 Å². The summed E-state index contributed by atoms with van der Waals surface area (Å²) < 4.78 is 5.82. The average molecular weight is 277 g/mol. The van der Waals surface area contributed by atoms with Crippen LogP contribution in [-0.2, 0) is 4.74 Å². The molecule has 20 heavy (non-hydrogen) atoms. The molecule has 2 rings (SSSR count). The van der Waals surface area contributed by atoms with Crippen molar-refractivity contribution in [2.45, 2.75) is 40.2 Å². The van der Waals surface area contributed by atoms with Crippen molar-refractivity contribution in [1.29, 1.82) is 0 Å². The number of hydrogen-bond donors (Lipinski definition) is 1. The van der Waals surface area contributed by atoms with Crippen LogP contribution in [0.25, 0.3) is 0 Å². The van der Waals surface area contributed by atoms with E-state index < -0.39 is 0 Å². The number of carbonyl (C=O) groups excluding carboxylic acids is 1. The third kappa shape index (κ3) is 3.33. The number of carbonyl (C=O) groups is 1. The van der Waals surface area contributed by atoms with Crippen LogP contribution >= 0.6 is 0 Å². The predicted molar refractivity (Wildman–Crippen MR) is 76.4 cm³/mol. The molecule has 1 aromatic heterocycles. The minimum Gasteiger partial charge on any atom is -0.377 e. The second kappa shape index (κ2) is 5.87. The van der Waals surface area contributed by atoms with Gasteiger partial charge in [-0.3, -0.25) is 4.79 Å². The van der Waals surface area contributed by atoms with E-state index in [0.717, 1.165) is 13.0 Å². The van der Waals surface area contributed by atoms with E-state index in [1.807, 2.05) is 6.92 Å². The van der Waals surface area contributed by atoms with Gasteiger partial charge in [-0.25, -0.2) is 9.97 Å². The van der Waals surface area contributed by atoms with Gasteiger partial charge in [-0.2, -0.15) is 0 Å². The fourth-order valence-electron chi connectivity index (χ4n) is 2.73. The normalized spacial score (nSPS) is 22.8. The Morgan fingerprint density at radius 2 is 2.25 bits per heavy atom. The van der Waals surface area contributed by atoms with Crippen LogP contribution in [0.3, 0.4) is 0 Å². The van der Waals surface area contributed by atoms with Gasteiger partial charge in [-0.1, -0.05) is 20.8 Å². The van der Waals surface area contributed by atoms with Gasteiger partial charge in [0.15, 0.2) is 0 Å². The molecular formula is C15H23N3O2. The smallest absolute Gasteiger partial charge is 0.254 e. The molecule has 5 heteroatoms. The van der Waals surface area contributed by atoms with Crippen LogP contribution in [-0.4, -0.2) is 35.1 Å². The van der Waals surface area contributed by atoms with E-state index in [0.29, 0.717) is 23.7 Å². The standard InChI is InChI=1S/C15H23N3O2/c1-10-12(8-16-9-18-10)14(19)17-7-11-5-6-20-13(11)15(2,3)4/h8-9,11,13H,5-7H2,1-4H3,(H,17,19)/t11-,13+/m1/s1. The molecule has 0 bridgehead atoms. The SMILES string of the molecule is Cc1ncncc1C(=O)NC[C@H]1CCO[C@@H]1C(C)(C)C. The molecule has 2 atom stereocenters. The lowest BCUT2D eigenvalue weighted by Crippen LogP contribution is -2.38. The molecule has 0 aliphatic carbocycles. The Morgan fingerprint density at radius 1 is 1.50 bits per heavy atom. The second-order valence-corrected chi connectivity index (χ2v) is 6.44. The highest BCUT2D eigenvalue weighted by atomic mass is 16.5. The van der Waals surface area contributed by atoms with E-state index in [1.165, 1.54) is 6.33 Å². The number of aromatic nitrogens is 2. The summed E-state index contributed by atoms with van der Waals surface area (Å²) in [7, 11) is 0. The molecule has 110 valence electrons.